The Morgan fingerprint density at radius 2 is 2.00 bits per heavy atom. The Morgan fingerprint density at radius 3 is 2.73 bits per heavy atom. The highest BCUT2D eigenvalue weighted by molar-refractivity contribution is 6.31. The van der Waals surface area contributed by atoms with E-state index in [0.29, 0.717) is 16.4 Å². The average molecular weight is 316 g/mol. The molecule has 0 aliphatic carbocycles. The second-order valence-electron chi connectivity index (χ2n) is 5.51. The molecular formula is C17H18ClN3O. The SMILES string of the molecule is Cc1ccc(NC(=O)c2cc(N3CCCC3)ccn2)cc1Cl. The monoisotopic (exact) mass is 315 g/mol. The van der Waals surface area contributed by atoms with Crippen molar-refractivity contribution in [2.75, 3.05) is 23.3 Å². The highest BCUT2D eigenvalue weighted by atomic mass is 35.5. The fourth-order valence-corrected chi connectivity index (χ4v) is 2.76. The van der Waals surface area contributed by atoms with Crippen molar-refractivity contribution >= 4 is 28.9 Å². The van der Waals surface area contributed by atoms with Crippen molar-refractivity contribution in [1.29, 1.82) is 0 Å². The van der Waals surface area contributed by atoms with E-state index in [0.717, 1.165) is 24.3 Å². The van der Waals surface area contributed by atoms with Crippen LogP contribution < -0.4 is 10.2 Å². The van der Waals surface area contributed by atoms with Crippen LogP contribution in [0.25, 0.3) is 0 Å². The van der Waals surface area contributed by atoms with E-state index in [-0.39, 0.29) is 5.91 Å². The third-order valence-electron chi connectivity index (χ3n) is 3.88. The van der Waals surface area contributed by atoms with Crippen LogP contribution in [-0.4, -0.2) is 24.0 Å². The van der Waals surface area contributed by atoms with Crippen LogP contribution in [0.5, 0.6) is 0 Å². The maximum absolute atomic E-state index is 12.3. The van der Waals surface area contributed by atoms with Gasteiger partial charge in [0.05, 0.1) is 0 Å². The second kappa shape index (κ2) is 6.36. The van der Waals surface area contributed by atoms with Crippen LogP contribution >= 0.6 is 11.6 Å². The first kappa shape index (κ1) is 14.9. The number of nitrogens with one attached hydrogen (secondary N) is 1. The normalized spacial score (nSPS) is 14.2. The molecule has 1 amide bonds. The number of rotatable bonds is 3. The number of amides is 1. The lowest BCUT2D eigenvalue weighted by Crippen LogP contribution is -2.19. The van der Waals surface area contributed by atoms with Crippen LogP contribution in [0.4, 0.5) is 11.4 Å². The molecule has 0 saturated carbocycles. The lowest BCUT2D eigenvalue weighted by Gasteiger charge is -2.17. The maximum Gasteiger partial charge on any atom is 0.274 e. The Labute approximate surface area is 135 Å². The molecule has 1 aromatic heterocycles. The molecule has 0 radical (unpaired) electrons. The van der Waals surface area contributed by atoms with Gasteiger partial charge < -0.3 is 10.2 Å². The zero-order chi connectivity index (χ0) is 15.5. The van der Waals surface area contributed by atoms with Gasteiger partial charge in [-0.15, -0.1) is 0 Å². The number of halogens is 1. The summed E-state index contributed by atoms with van der Waals surface area (Å²) in [6.45, 7) is 4.01. The lowest BCUT2D eigenvalue weighted by molar-refractivity contribution is 0.102. The van der Waals surface area contributed by atoms with E-state index in [9.17, 15) is 4.79 Å². The number of carbonyl (C=O) groups excluding carboxylic acids is 1. The fraction of sp³-hybridized carbons (Fsp3) is 0.294. The third kappa shape index (κ3) is 3.22. The van der Waals surface area contributed by atoms with E-state index in [1.54, 1.807) is 12.3 Å². The minimum atomic E-state index is -0.221. The minimum Gasteiger partial charge on any atom is -0.371 e. The molecular weight excluding hydrogens is 298 g/mol. The molecule has 4 nitrogen and oxygen atoms in total. The summed E-state index contributed by atoms with van der Waals surface area (Å²) < 4.78 is 0. The Kier molecular flexibility index (Phi) is 4.29. The first-order chi connectivity index (χ1) is 10.6. The number of hydrogen-bond donors (Lipinski definition) is 1. The van der Waals surface area contributed by atoms with Crippen molar-refractivity contribution in [1.82, 2.24) is 4.98 Å². The number of nitrogens with zero attached hydrogens (tertiary/aromatic N) is 2. The molecule has 22 heavy (non-hydrogen) atoms. The van der Waals surface area contributed by atoms with Crippen LogP contribution in [0, 0.1) is 6.92 Å². The molecule has 1 N–H and O–H groups in total. The van der Waals surface area contributed by atoms with Gasteiger partial charge in [-0.2, -0.15) is 0 Å². The highest BCUT2D eigenvalue weighted by Gasteiger charge is 2.15. The van der Waals surface area contributed by atoms with Gasteiger partial charge in [-0.1, -0.05) is 17.7 Å². The Balaban J connectivity index is 1.76. The first-order valence-corrected chi connectivity index (χ1v) is 7.80. The van der Waals surface area contributed by atoms with Crippen molar-refractivity contribution in [3.63, 3.8) is 0 Å². The summed E-state index contributed by atoms with van der Waals surface area (Å²) in [4.78, 5) is 18.8. The number of anilines is 2. The molecule has 1 aromatic carbocycles. The highest BCUT2D eigenvalue weighted by Crippen LogP contribution is 2.22. The van der Waals surface area contributed by atoms with Gasteiger partial charge in [0.1, 0.15) is 5.69 Å². The molecule has 1 aliphatic heterocycles. The van der Waals surface area contributed by atoms with Crippen LogP contribution in [0.1, 0.15) is 28.9 Å². The van der Waals surface area contributed by atoms with Crippen molar-refractivity contribution < 1.29 is 4.79 Å². The van der Waals surface area contributed by atoms with E-state index >= 15 is 0 Å². The number of hydrogen-bond acceptors (Lipinski definition) is 3. The zero-order valence-corrected chi connectivity index (χ0v) is 13.2. The molecule has 2 heterocycles. The summed E-state index contributed by atoms with van der Waals surface area (Å²) in [5.41, 5.74) is 3.13. The van der Waals surface area contributed by atoms with Crippen molar-refractivity contribution in [3.05, 3.63) is 52.8 Å². The summed E-state index contributed by atoms with van der Waals surface area (Å²) in [5.74, 6) is -0.221. The lowest BCUT2D eigenvalue weighted by atomic mass is 10.2. The Bertz CT molecular complexity index is 696. The van der Waals surface area contributed by atoms with Crippen molar-refractivity contribution in [2.24, 2.45) is 0 Å². The van der Waals surface area contributed by atoms with Crippen LogP contribution in [0.15, 0.2) is 36.5 Å². The van der Waals surface area contributed by atoms with Gasteiger partial charge in [0, 0.05) is 35.7 Å². The number of pyridine rings is 1. The quantitative estimate of drug-likeness (QED) is 0.934. The first-order valence-electron chi connectivity index (χ1n) is 7.42. The number of aromatic nitrogens is 1. The molecule has 114 valence electrons. The maximum atomic E-state index is 12.3. The standard InChI is InChI=1S/C17H18ClN3O/c1-12-4-5-13(10-15(12)18)20-17(22)16-11-14(6-7-19-16)21-8-2-3-9-21/h4-7,10-11H,2-3,8-9H2,1H3,(H,20,22). The molecule has 2 aromatic rings. The minimum absolute atomic E-state index is 0.221. The van der Waals surface area contributed by atoms with Crippen LogP contribution in [0.2, 0.25) is 5.02 Å². The van der Waals surface area contributed by atoms with Gasteiger partial charge in [-0.05, 0) is 49.6 Å². The molecule has 3 rings (SSSR count). The van der Waals surface area contributed by atoms with E-state index < -0.39 is 0 Å². The number of aryl methyl sites for hydroxylation is 1. The molecule has 0 atom stereocenters. The second-order valence-corrected chi connectivity index (χ2v) is 5.92. The topological polar surface area (TPSA) is 45.2 Å². The Hall–Kier alpha value is -2.07. The predicted octanol–water partition coefficient (Wildman–Crippen LogP) is 3.90. The molecule has 0 bridgehead atoms. The van der Waals surface area contributed by atoms with Gasteiger partial charge in [0.15, 0.2) is 0 Å². The third-order valence-corrected chi connectivity index (χ3v) is 4.28. The molecule has 0 unspecified atom stereocenters. The average Bonchev–Trinajstić information content (AvgIpc) is 3.05. The van der Waals surface area contributed by atoms with Gasteiger partial charge in [-0.25, -0.2) is 0 Å². The summed E-state index contributed by atoms with van der Waals surface area (Å²) in [6, 6.07) is 9.26. The summed E-state index contributed by atoms with van der Waals surface area (Å²) in [5, 5.41) is 3.48. The smallest absolute Gasteiger partial charge is 0.274 e. The Morgan fingerprint density at radius 1 is 1.23 bits per heavy atom. The van der Waals surface area contributed by atoms with E-state index in [2.05, 4.69) is 15.2 Å². The van der Waals surface area contributed by atoms with Crippen molar-refractivity contribution in [3.8, 4) is 0 Å². The summed E-state index contributed by atoms with van der Waals surface area (Å²) >= 11 is 6.08. The van der Waals surface area contributed by atoms with E-state index in [4.69, 9.17) is 11.6 Å². The van der Waals surface area contributed by atoms with E-state index in [1.165, 1.54) is 12.8 Å². The molecule has 1 aliphatic rings. The van der Waals surface area contributed by atoms with Gasteiger partial charge in [0.2, 0.25) is 0 Å². The molecule has 1 fully saturated rings. The van der Waals surface area contributed by atoms with Crippen LogP contribution in [0.3, 0.4) is 0 Å². The number of benzene rings is 1. The fourth-order valence-electron chi connectivity index (χ4n) is 2.58. The van der Waals surface area contributed by atoms with Gasteiger partial charge >= 0.3 is 0 Å². The summed E-state index contributed by atoms with van der Waals surface area (Å²) in [7, 11) is 0. The molecule has 0 spiro atoms. The van der Waals surface area contributed by atoms with Gasteiger partial charge in [0.25, 0.3) is 5.91 Å². The largest absolute Gasteiger partial charge is 0.371 e. The molecule has 5 heteroatoms. The van der Waals surface area contributed by atoms with Gasteiger partial charge in [-0.3, -0.25) is 9.78 Å². The van der Waals surface area contributed by atoms with Crippen LogP contribution in [-0.2, 0) is 0 Å². The summed E-state index contributed by atoms with van der Waals surface area (Å²) in [6.07, 6.45) is 4.09. The predicted molar refractivity (Wildman–Crippen MR) is 89.8 cm³/mol. The van der Waals surface area contributed by atoms with Crippen molar-refractivity contribution in [2.45, 2.75) is 19.8 Å². The number of carbonyl (C=O) groups is 1. The molecule has 1 saturated heterocycles. The van der Waals surface area contributed by atoms with E-state index in [1.807, 2.05) is 31.2 Å². The zero-order valence-electron chi connectivity index (χ0n) is 12.5.